The van der Waals surface area contributed by atoms with Gasteiger partial charge in [0.25, 0.3) is 0 Å². The number of benzene rings is 1. The smallest absolute Gasteiger partial charge is 0.0409 e. The Hall–Kier alpha value is -0.990. The molecule has 3 heteroatoms. The molecule has 0 aliphatic rings. The summed E-state index contributed by atoms with van der Waals surface area (Å²) >= 11 is 7.44. The molecule has 1 heterocycles. The van der Waals surface area contributed by atoms with E-state index < -0.39 is 0 Å². The quantitative estimate of drug-likeness (QED) is 0.757. The maximum atomic E-state index is 5.71. The van der Waals surface area contributed by atoms with E-state index in [2.05, 4.69) is 46.4 Å². The van der Waals surface area contributed by atoms with Gasteiger partial charge in [-0.05, 0) is 52.9 Å². The van der Waals surface area contributed by atoms with Crippen LogP contribution in [0.2, 0.25) is 0 Å². The van der Waals surface area contributed by atoms with Gasteiger partial charge in [0, 0.05) is 18.1 Å². The van der Waals surface area contributed by atoms with Gasteiger partial charge in [0.05, 0.1) is 0 Å². The average Bonchev–Trinajstić information content (AvgIpc) is 2.87. The molecule has 0 bridgehead atoms. The minimum absolute atomic E-state index is 0.729. The van der Waals surface area contributed by atoms with Crippen molar-refractivity contribution in [1.82, 2.24) is 0 Å². The van der Waals surface area contributed by atoms with E-state index in [9.17, 15) is 0 Å². The molecule has 1 N–H and O–H groups in total. The normalized spacial score (nSPS) is 10.4. The summed E-state index contributed by atoms with van der Waals surface area (Å²) in [5, 5.41) is 7.71. The lowest BCUT2D eigenvalue weighted by atomic mass is 10.1. The molecule has 0 aliphatic heterocycles. The lowest BCUT2D eigenvalue weighted by Crippen LogP contribution is -1.98. The Balaban J connectivity index is 1.91. The maximum absolute atomic E-state index is 5.71. The van der Waals surface area contributed by atoms with Crippen molar-refractivity contribution >= 4 is 28.6 Å². The molecule has 2 aromatic rings. The zero-order chi connectivity index (χ0) is 11.9. The van der Waals surface area contributed by atoms with Crippen LogP contribution in [0.3, 0.4) is 0 Å². The van der Waals surface area contributed by atoms with Crippen LogP contribution in [-0.4, -0.2) is 5.88 Å². The van der Waals surface area contributed by atoms with Crippen LogP contribution in [0.15, 0.2) is 41.1 Å². The highest BCUT2D eigenvalue weighted by atomic mass is 35.5. The molecule has 0 spiro atoms. The van der Waals surface area contributed by atoms with E-state index >= 15 is 0 Å². The number of rotatable bonds is 6. The zero-order valence-corrected chi connectivity index (χ0v) is 11.2. The largest absolute Gasteiger partial charge is 0.381 e. The predicted molar refractivity (Wildman–Crippen MR) is 77.1 cm³/mol. The fourth-order valence-corrected chi connectivity index (χ4v) is 2.51. The highest BCUT2D eigenvalue weighted by Crippen LogP contribution is 2.14. The van der Waals surface area contributed by atoms with Crippen LogP contribution in [0, 0.1) is 0 Å². The number of halogens is 1. The van der Waals surface area contributed by atoms with Crippen molar-refractivity contribution in [2.45, 2.75) is 19.4 Å². The Morgan fingerprint density at radius 2 is 2.12 bits per heavy atom. The topological polar surface area (TPSA) is 12.0 Å². The van der Waals surface area contributed by atoms with Crippen LogP contribution in [0.25, 0.3) is 0 Å². The standard InChI is InChI=1S/C14H16ClNS/c15-7-2-4-12-3-1-5-14(9-12)16-10-13-6-8-17-11-13/h1,3,5-6,8-9,11,16H,2,4,7,10H2. The first-order chi connectivity index (χ1) is 8.38. The molecule has 1 nitrogen and oxygen atoms in total. The lowest BCUT2D eigenvalue weighted by Gasteiger charge is -2.07. The molecule has 0 atom stereocenters. The summed E-state index contributed by atoms with van der Waals surface area (Å²) in [5.74, 6) is 0.729. The molecule has 2 rings (SSSR count). The van der Waals surface area contributed by atoms with Gasteiger partial charge in [0.2, 0.25) is 0 Å². The van der Waals surface area contributed by atoms with Crippen molar-refractivity contribution in [3.8, 4) is 0 Å². The minimum atomic E-state index is 0.729. The summed E-state index contributed by atoms with van der Waals surface area (Å²) in [4.78, 5) is 0. The van der Waals surface area contributed by atoms with Gasteiger partial charge >= 0.3 is 0 Å². The van der Waals surface area contributed by atoms with Crippen molar-refractivity contribution in [2.24, 2.45) is 0 Å². The minimum Gasteiger partial charge on any atom is -0.381 e. The lowest BCUT2D eigenvalue weighted by molar-refractivity contribution is 0.928. The van der Waals surface area contributed by atoms with Gasteiger partial charge in [-0.3, -0.25) is 0 Å². The molecular weight excluding hydrogens is 250 g/mol. The van der Waals surface area contributed by atoms with Crippen molar-refractivity contribution < 1.29 is 0 Å². The zero-order valence-electron chi connectivity index (χ0n) is 9.66. The van der Waals surface area contributed by atoms with Crippen LogP contribution in [0.5, 0.6) is 0 Å². The third kappa shape index (κ3) is 4.06. The Morgan fingerprint density at radius 3 is 2.88 bits per heavy atom. The van der Waals surface area contributed by atoms with Crippen molar-refractivity contribution in [3.05, 3.63) is 52.2 Å². The van der Waals surface area contributed by atoms with Crippen LogP contribution < -0.4 is 5.32 Å². The second-order valence-corrected chi connectivity index (χ2v) is 5.14. The molecule has 0 fully saturated rings. The highest BCUT2D eigenvalue weighted by molar-refractivity contribution is 7.07. The van der Waals surface area contributed by atoms with Crippen molar-refractivity contribution in [2.75, 3.05) is 11.2 Å². The van der Waals surface area contributed by atoms with Crippen molar-refractivity contribution in [3.63, 3.8) is 0 Å². The number of anilines is 1. The fourth-order valence-electron chi connectivity index (χ4n) is 1.71. The number of hydrogen-bond donors (Lipinski definition) is 1. The van der Waals surface area contributed by atoms with E-state index in [1.54, 1.807) is 11.3 Å². The Kier molecular flexibility index (Phi) is 4.89. The van der Waals surface area contributed by atoms with E-state index in [-0.39, 0.29) is 0 Å². The summed E-state index contributed by atoms with van der Waals surface area (Å²) in [6.45, 7) is 0.891. The van der Waals surface area contributed by atoms with Crippen LogP contribution in [-0.2, 0) is 13.0 Å². The summed E-state index contributed by atoms with van der Waals surface area (Å²) in [5.41, 5.74) is 3.87. The first-order valence-electron chi connectivity index (χ1n) is 5.78. The number of alkyl halides is 1. The summed E-state index contributed by atoms with van der Waals surface area (Å²) in [7, 11) is 0. The number of hydrogen-bond acceptors (Lipinski definition) is 2. The molecule has 1 aromatic carbocycles. The SMILES string of the molecule is ClCCCc1cccc(NCc2ccsc2)c1. The van der Waals surface area contributed by atoms with Gasteiger partial charge in [-0.2, -0.15) is 11.3 Å². The molecule has 0 saturated carbocycles. The maximum Gasteiger partial charge on any atom is 0.0409 e. The Labute approximate surface area is 111 Å². The first kappa shape index (κ1) is 12.5. The van der Waals surface area contributed by atoms with Gasteiger partial charge < -0.3 is 5.32 Å². The average molecular weight is 266 g/mol. The van der Waals surface area contributed by atoms with Gasteiger partial charge in [0.15, 0.2) is 0 Å². The summed E-state index contributed by atoms with van der Waals surface area (Å²) in [6.07, 6.45) is 2.09. The molecule has 17 heavy (non-hydrogen) atoms. The van der Waals surface area contributed by atoms with E-state index in [1.807, 2.05) is 0 Å². The number of thiophene rings is 1. The van der Waals surface area contributed by atoms with Crippen molar-refractivity contribution in [1.29, 1.82) is 0 Å². The Morgan fingerprint density at radius 1 is 1.18 bits per heavy atom. The second-order valence-electron chi connectivity index (χ2n) is 3.98. The van der Waals surface area contributed by atoms with Gasteiger partial charge in [-0.1, -0.05) is 12.1 Å². The number of aryl methyl sites for hydroxylation is 1. The van der Waals surface area contributed by atoms with E-state index in [0.717, 1.165) is 25.3 Å². The molecular formula is C14H16ClNS. The first-order valence-corrected chi connectivity index (χ1v) is 7.26. The molecule has 1 aromatic heterocycles. The molecule has 0 radical (unpaired) electrons. The highest BCUT2D eigenvalue weighted by Gasteiger charge is 1.97. The summed E-state index contributed by atoms with van der Waals surface area (Å²) in [6, 6.07) is 10.7. The molecule has 0 saturated heterocycles. The third-order valence-electron chi connectivity index (χ3n) is 2.60. The molecule has 0 aliphatic carbocycles. The van der Waals surface area contributed by atoms with Crippen LogP contribution in [0.1, 0.15) is 17.5 Å². The van der Waals surface area contributed by atoms with Crippen LogP contribution >= 0.6 is 22.9 Å². The number of nitrogens with one attached hydrogen (secondary N) is 1. The van der Waals surface area contributed by atoms with E-state index in [0.29, 0.717) is 0 Å². The van der Waals surface area contributed by atoms with Gasteiger partial charge in [0.1, 0.15) is 0 Å². The second kappa shape index (κ2) is 6.67. The Bertz CT molecular complexity index is 439. The van der Waals surface area contributed by atoms with Gasteiger partial charge in [-0.15, -0.1) is 11.6 Å². The monoisotopic (exact) mass is 265 g/mol. The van der Waals surface area contributed by atoms with E-state index in [1.165, 1.54) is 16.8 Å². The molecule has 0 unspecified atom stereocenters. The van der Waals surface area contributed by atoms with Crippen LogP contribution in [0.4, 0.5) is 5.69 Å². The van der Waals surface area contributed by atoms with E-state index in [4.69, 9.17) is 11.6 Å². The summed E-state index contributed by atoms with van der Waals surface area (Å²) < 4.78 is 0. The molecule has 0 amide bonds. The molecule has 90 valence electrons. The predicted octanol–water partition coefficient (Wildman–Crippen LogP) is 4.53. The van der Waals surface area contributed by atoms with Gasteiger partial charge in [-0.25, -0.2) is 0 Å². The fraction of sp³-hybridized carbons (Fsp3) is 0.286. The third-order valence-corrected chi connectivity index (χ3v) is 3.60.